The van der Waals surface area contributed by atoms with Crippen LogP contribution < -0.4 is 0 Å². The van der Waals surface area contributed by atoms with Crippen LogP contribution in [0, 0.1) is 5.92 Å². The number of rotatable bonds is 3. The molecule has 0 radical (unpaired) electrons. The number of hydrogen-bond donors (Lipinski definition) is 0. The van der Waals surface area contributed by atoms with Crippen LogP contribution in [-0.4, -0.2) is 42.0 Å². The van der Waals surface area contributed by atoms with Gasteiger partial charge in [0.15, 0.2) is 0 Å². The van der Waals surface area contributed by atoms with Gasteiger partial charge in [0.25, 0.3) is 0 Å². The van der Waals surface area contributed by atoms with Crippen molar-refractivity contribution in [1.29, 1.82) is 0 Å². The molecule has 0 bridgehead atoms. The summed E-state index contributed by atoms with van der Waals surface area (Å²) >= 11 is 0. The predicted octanol–water partition coefficient (Wildman–Crippen LogP) is 4.54. The Labute approximate surface area is 146 Å². The van der Waals surface area contributed by atoms with Crippen LogP contribution in [0.5, 0.6) is 0 Å². The summed E-state index contributed by atoms with van der Waals surface area (Å²) in [5, 5.41) is 2.71. The highest BCUT2D eigenvalue weighted by atomic mass is 15.2. The van der Waals surface area contributed by atoms with Gasteiger partial charge in [0.2, 0.25) is 0 Å². The molecule has 2 aliphatic heterocycles. The first-order chi connectivity index (χ1) is 11.8. The summed E-state index contributed by atoms with van der Waals surface area (Å²) in [6.07, 6.45) is 5.52. The van der Waals surface area contributed by atoms with Gasteiger partial charge < -0.3 is 4.90 Å². The molecule has 0 saturated carbocycles. The summed E-state index contributed by atoms with van der Waals surface area (Å²) in [5.41, 5.74) is 1.46. The molecule has 2 heteroatoms. The minimum absolute atomic E-state index is 0.834. The number of benzene rings is 2. The van der Waals surface area contributed by atoms with Crippen molar-refractivity contribution in [2.75, 3.05) is 26.2 Å². The Morgan fingerprint density at radius 3 is 2.50 bits per heavy atom. The van der Waals surface area contributed by atoms with Gasteiger partial charge in [-0.25, -0.2) is 0 Å². The lowest BCUT2D eigenvalue weighted by molar-refractivity contribution is 0.0729. The Bertz CT molecular complexity index is 672. The highest BCUT2D eigenvalue weighted by molar-refractivity contribution is 5.82. The number of fused-ring (bicyclic) bond motifs is 1. The third-order valence-corrected chi connectivity index (χ3v) is 5.98. The molecule has 1 unspecified atom stereocenters. The Kier molecular flexibility index (Phi) is 4.86. The molecule has 4 rings (SSSR count). The van der Waals surface area contributed by atoms with Gasteiger partial charge in [-0.05, 0) is 73.6 Å². The van der Waals surface area contributed by atoms with Gasteiger partial charge in [-0.3, -0.25) is 4.90 Å². The Balaban J connectivity index is 1.33. The summed E-state index contributed by atoms with van der Waals surface area (Å²) in [6.45, 7) is 8.69. The fourth-order valence-electron chi connectivity index (χ4n) is 4.60. The molecule has 1 atom stereocenters. The molecule has 0 spiro atoms. The van der Waals surface area contributed by atoms with Crippen molar-refractivity contribution in [3.8, 4) is 0 Å². The largest absolute Gasteiger partial charge is 0.300 e. The van der Waals surface area contributed by atoms with Gasteiger partial charge in [-0.1, -0.05) is 43.3 Å². The maximum Gasteiger partial charge on any atom is 0.0233 e. The molecule has 128 valence electrons. The standard InChI is InChI=1S/C22H30N2/c1-18-5-4-12-24(16-18)22-10-13-23(14-11-22)17-19-8-9-20-6-2-3-7-21(20)15-19/h2-3,6-9,15,18,22H,4-5,10-14,16-17H2,1H3. The summed E-state index contributed by atoms with van der Waals surface area (Å²) < 4.78 is 0. The van der Waals surface area contributed by atoms with E-state index in [1.165, 1.54) is 68.2 Å². The molecular formula is C22H30N2. The van der Waals surface area contributed by atoms with Crippen molar-refractivity contribution in [3.63, 3.8) is 0 Å². The van der Waals surface area contributed by atoms with Crippen LogP contribution in [0.3, 0.4) is 0 Å². The highest BCUT2D eigenvalue weighted by Crippen LogP contribution is 2.24. The van der Waals surface area contributed by atoms with E-state index in [0.717, 1.165) is 18.5 Å². The van der Waals surface area contributed by atoms with Crippen molar-refractivity contribution < 1.29 is 0 Å². The van der Waals surface area contributed by atoms with Crippen LogP contribution >= 0.6 is 0 Å². The normalized spacial score (nSPS) is 24.5. The summed E-state index contributed by atoms with van der Waals surface area (Å²) in [6, 6.07) is 16.5. The predicted molar refractivity (Wildman–Crippen MR) is 102 cm³/mol. The molecule has 2 aliphatic rings. The molecule has 0 amide bonds. The molecule has 2 fully saturated rings. The van der Waals surface area contributed by atoms with Gasteiger partial charge in [0, 0.05) is 19.1 Å². The zero-order valence-electron chi connectivity index (χ0n) is 15.0. The first kappa shape index (κ1) is 16.1. The lowest BCUT2D eigenvalue weighted by Crippen LogP contribution is -2.47. The third kappa shape index (κ3) is 3.65. The average molecular weight is 322 g/mol. The molecule has 0 aliphatic carbocycles. The minimum Gasteiger partial charge on any atom is -0.300 e. The smallest absolute Gasteiger partial charge is 0.0233 e. The van der Waals surface area contributed by atoms with Gasteiger partial charge >= 0.3 is 0 Å². The molecule has 2 aromatic rings. The van der Waals surface area contributed by atoms with E-state index in [1.54, 1.807) is 0 Å². The number of hydrogen-bond acceptors (Lipinski definition) is 2. The number of likely N-dealkylation sites (tertiary alicyclic amines) is 2. The van der Waals surface area contributed by atoms with E-state index in [4.69, 9.17) is 0 Å². The van der Waals surface area contributed by atoms with Crippen LogP contribution in [0.1, 0.15) is 38.2 Å². The summed E-state index contributed by atoms with van der Waals surface area (Å²) in [5.74, 6) is 0.898. The van der Waals surface area contributed by atoms with E-state index in [9.17, 15) is 0 Å². The van der Waals surface area contributed by atoms with Crippen LogP contribution in [0.15, 0.2) is 42.5 Å². The molecule has 2 nitrogen and oxygen atoms in total. The summed E-state index contributed by atoms with van der Waals surface area (Å²) in [7, 11) is 0. The number of nitrogens with zero attached hydrogens (tertiary/aromatic N) is 2. The fourth-order valence-corrected chi connectivity index (χ4v) is 4.60. The second-order valence-corrected chi connectivity index (χ2v) is 7.93. The maximum atomic E-state index is 2.78. The number of piperidine rings is 2. The van der Waals surface area contributed by atoms with Crippen molar-refractivity contribution in [2.24, 2.45) is 5.92 Å². The molecule has 2 heterocycles. The Morgan fingerprint density at radius 2 is 1.71 bits per heavy atom. The molecule has 24 heavy (non-hydrogen) atoms. The van der Waals surface area contributed by atoms with Crippen molar-refractivity contribution in [3.05, 3.63) is 48.0 Å². The third-order valence-electron chi connectivity index (χ3n) is 5.98. The van der Waals surface area contributed by atoms with E-state index >= 15 is 0 Å². The zero-order chi connectivity index (χ0) is 16.4. The highest BCUT2D eigenvalue weighted by Gasteiger charge is 2.27. The fraction of sp³-hybridized carbons (Fsp3) is 0.545. The molecule has 0 N–H and O–H groups in total. The minimum atomic E-state index is 0.834. The Hall–Kier alpha value is -1.38. The summed E-state index contributed by atoms with van der Waals surface area (Å²) in [4.78, 5) is 5.43. The molecule has 0 aromatic heterocycles. The maximum absolute atomic E-state index is 2.78. The van der Waals surface area contributed by atoms with Gasteiger partial charge in [-0.15, -0.1) is 0 Å². The van der Waals surface area contributed by atoms with E-state index in [-0.39, 0.29) is 0 Å². The second-order valence-electron chi connectivity index (χ2n) is 7.93. The van der Waals surface area contributed by atoms with E-state index in [0.29, 0.717) is 0 Å². The van der Waals surface area contributed by atoms with E-state index < -0.39 is 0 Å². The first-order valence-corrected chi connectivity index (χ1v) is 9.72. The SMILES string of the molecule is CC1CCCN(C2CCN(Cc3ccc4ccccc4c3)CC2)C1. The zero-order valence-corrected chi connectivity index (χ0v) is 15.0. The second kappa shape index (κ2) is 7.25. The van der Waals surface area contributed by atoms with E-state index in [1.807, 2.05) is 0 Å². The van der Waals surface area contributed by atoms with Gasteiger partial charge in [0.1, 0.15) is 0 Å². The average Bonchev–Trinajstić information content (AvgIpc) is 2.62. The van der Waals surface area contributed by atoms with Crippen molar-refractivity contribution in [1.82, 2.24) is 9.80 Å². The van der Waals surface area contributed by atoms with Crippen LogP contribution in [0.2, 0.25) is 0 Å². The topological polar surface area (TPSA) is 6.48 Å². The lowest BCUT2D eigenvalue weighted by atomic mass is 9.95. The quantitative estimate of drug-likeness (QED) is 0.819. The van der Waals surface area contributed by atoms with Gasteiger partial charge in [-0.2, -0.15) is 0 Å². The Morgan fingerprint density at radius 1 is 0.917 bits per heavy atom. The molecule has 2 saturated heterocycles. The van der Waals surface area contributed by atoms with Crippen molar-refractivity contribution in [2.45, 2.75) is 45.2 Å². The van der Waals surface area contributed by atoms with Crippen LogP contribution in [0.25, 0.3) is 10.8 Å². The van der Waals surface area contributed by atoms with Crippen LogP contribution in [0.4, 0.5) is 0 Å². The lowest BCUT2D eigenvalue weighted by Gasteiger charge is -2.41. The molecule has 2 aromatic carbocycles. The first-order valence-electron chi connectivity index (χ1n) is 9.72. The van der Waals surface area contributed by atoms with Gasteiger partial charge in [0.05, 0.1) is 0 Å². The van der Waals surface area contributed by atoms with Crippen LogP contribution in [-0.2, 0) is 6.54 Å². The van der Waals surface area contributed by atoms with E-state index in [2.05, 4.69) is 59.2 Å². The van der Waals surface area contributed by atoms with Crippen molar-refractivity contribution >= 4 is 10.8 Å². The molecular weight excluding hydrogens is 292 g/mol. The monoisotopic (exact) mass is 322 g/mol.